The standard InChI is InChI=1S/C14H22N2O2S/c1-5-15-10-13-7-6-8-14(9-13)19(17,18)16(4)11-12(2)3/h6-9,15H,2,5,10-11H2,1,3-4H3. The van der Waals surface area contributed by atoms with Gasteiger partial charge in [0.15, 0.2) is 0 Å². The third kappa shape index (κ3) is 4.45. The largest absolute Gasteiger partial charge is 0.313 e. The number of sulfonamides is 1. The summed E-state index contributed by atoms with van der Waals surface area (Å²) in [6.07, 6.45) is 0. The Hall–Kier alpha value is -1.17. The van der Waals surface area contributed by atoms with Crippen LogP contribution >= 0.6 is 0 Å². The molecule has 0 unspecified atom stereocenters. The van der Waals surface area contributed by atoms with Crippen molar-refractivity contribution >= 4 is 10.0 Å². The first-order chi connectivity index (χ1) is 8.87. The predicted octanol–water partition coefficient (Wildman–Crippen LogP) is 1.99. The van der Waals surface area contributed by atoms with E-state index in [9.17, 15) is 8.42 Å². The van der Waals surface area contributed by atoms with Crippen LogP contribution in [0.5, 0.6) is 0 Å². The van der Waals surface area contributed by atoms with E-state index >= 15 is 0 Å². The molecule has 0 radical (unpaired) electrons. The maximum atomic E-state index is 12.4. The lowest BCUT2D eigenvalue weighted by Gasteiger charge is -2.17. The first-order valence-electron chi connectivity index (χ1n) is 6.28. The molecule has 0 aliphatic heterocycles. The van der Waals surface area contributed by atoms with Gasteiger partial charge < -0.3 is 5.32 Å². The molecule has 4 nitrogen and oxygen atoms in total. The Morgan fingerprint density at radius 2 is 2.11 bits per heavy atom. The molecule has 1 aromatic carbocycles. The summed E-state index contributed by atoms with van der Waals surface area (Å²) in [4.78, 5) is 0.326. The Morgan fingerprint density at radius 3 is 2.68 bits per heavy atom. The third-order valence-electron chi connectivity index (χ3n) is 2.68. The van der Waals surface area contributed by atoms with Crippen LogP contribution in [0.2, 0.25) is 0 Å². The van der Waals surface area contributed by atoms with Crippen LogP contribution in [0, 0.1) is 0 Å². The van der Waals surface area contributed by atoms with E-state index in [2.05, 4.69) is 11.9 Å². The maximum absolute atomic E-state index is 12.4. The Balaban J connectivity index is 2.97. The molecule has 0 heterocycles. The van der Waals surface area contributed by atoms with Crippen LogP contribution in [0.25, 0.3) is 0 Å². The second-order valence-corrected chi connectivity index (χ2v) is 6.69. The minimum atomic E-state index is -3.44. The van der Waals surface area contributed by atoms with E-state index < -0.39 is 10.0 Å². The van der Waals surface area contributed by atoms with Crippen molar-refractivity contribution in [2.24, 2.45) is 0 Å². The molecule has 1 N–H and O–H groups in total. The summed E-state index contributed by atoms with van der Waals surface area (Å²) in [5.41, 5.74) is 1.78. The smallest absolute Gasteiger partial charge is 0.243 e. The van der Waals surface area contributed by atoms with Crippen LogP contribution < -0.4 is 5.32 Å². The van der Waals surface area contributed by atoms with Gasteiger partial charge in [-0.05, 0) is 31.2 Å². The fraction of sp³-hybridized carbons (Fsp3) is 0.429. The molecule has 19 heavy (non-hydrogen) atoms. The minimum absolute atomic E-state index is 0.326. The molecular formula is C14H22N2O2S. The van der Waals surface area contributed by atoms with Crippen LogP contribution in [-0.2, 0) is 16.6 Å². The molecule has 0 saturated carbocycles. The molecule has 1 rings (SSSR count). The molecule has 0 aliphatic carbocycles. The maximum Gasteiger partial charge on any atom is 0.243 e. The van der Waals surface area contributed by atoms with Gasteiger partial charge in [-0.15, -0.1) is 0 Å². The Labute approximate surface area is 116 Å². The Bertz CT molecular complexity index is 538. The van der Waals surface area contributed by atoms with Crippen LogP contribution in [-0.4, -0.2) is 32.9 Å². The molecule has 0 saturated heterocycles. The van der Waals surface area contributed by atoms with Gasteiger partial charge in [-0.2, -0.15) is 4.31 Å². The zero-order valence-electron chi connectivity index (χ0n) is 11.8. The van der Waals surface area contributed by atoms with Crippen LogP contribution in [0.3, 0.4) is 0 Å². The van der Waals surface area contributed by atoms with E-state index in [4.69, 9.17) is 0 Å². The summed E-state index contributed by atoms with van der Waals surface area (Å²) in [5.74, 6) is 0. The molecule has 1 aromatic rings. The number of hydrogen-bond donors (Lipinski definition) is 1. The SMILES string of the molecule is C=C(C)CN(C)S(=O)(=O)c1cccc(CNCC)c1. The average molecular weight is 282 g/mol. The van der Waals surface area contributed by atoms with Crippen molar-refractivity contribution in [2.45, 2.75) is 25.3 Å². The van der Waals surface area contributed by atoms with Crippen LogP contribution in [0.4, 0.5) is 0 Å². The number of nitrogens with zero attached hydrogens (tertiary/aromatic N) is 1. The summed E-state index contributed by atoms with van der Waals surface area (Å²) < 4.78 is 26.0. The van der Waals surface area contributed by atoms with Gasteiger partial charge >= 0.3 is 0 Å². The van der Waals surface area contributed by atoms with Crippen molar-refractivity contribution in [1.82, 2.24) is 9.62 Å². The Kier molecular flexibility index (Phi) is 5.72. The monoisotopic (exact) mass is 282 g/mol. The van der Waals surface area contributed by atoms with Crippen molar-refractivity contribution in [2.75, 3.05) is 20.1 Å². The van der Waals surface area contributed by atoms with Crippen molar-refractivity contribution in [3.63, 3.8) is 0 Å². The number of benzene rings is 1. The summed E-state index contributed by atoms with van der Waals surface area (Å²) in [5, 5.41) is 3.18. The summed E-state index contributed by atoms with van der Waals surface area (Å²) >= 11 is 0. The molecular weight excluding hydrogens is 260 g/mol. The van der Waals surface area contributed by atoms with Crippen molar-refractivity contribution in [3.8, 4) is 0 Å². The summed E-state index contributed by atoms with van der Waals surface area (Å²) in [6.45, 7) is 9.43. The predicted molar refractivity (Wildman–Crippen MR) is 78.5 cm³/mol. The fourth-order valence-corrected chi connectivity index (χ4v) is 3.03. The molecule has 0 bridgehead atoms. The highest BCUT2D eigenvalue weighted by Crippen LogP contribution is 2.16. The highest BCUT2D eigenvalue weighted by molar-refractivity contribution is 7.89. The normalized spacial score (nSPS) is 11.8. The highest BCUT2D eigenvalue weighted by Gasteiger charge is 2.20. The lowest BCUT2D eigenvalue weighted by molar-refractivity contribution is 0.493. The van der Waals surface area contributed by atoms with Crippen molar-refractivity contribution in [1.29, 1.82) is 0 Å². The second-order valence-electron chi connectivity index (χ2n) is 4.65. The minimum Gasteiger partial charge on any atom is -0.313 e. The first kappa shape index (κ1) is 15.9. The molecule has 106 valence electrons. The van der Waals surface area contributed by atoms with Gasteiger partial charge in [0.2, 0.25) is 10.0 Å². The van der Waals surface area contributed by atoms with Gasteiger partial charge in [-0.1, -0.05) is 31.2 Å². The van der Waals surface area contributed by atoms with E-state index in [0.29, 0.717) is 18.0 Å². The molecule has 0 aromatic heterocycles. The van der Waals surface area contributed by atoms with Gasteiger partial charge in [-0.3, -0.25) is 0 Å². The fourth-order valence-electron chi connectivity index (χ4n) is 1.73. The van der Waals surface area contributed by atoms with E-state index in [0.717, 1.165) is 17.7 Å². The second kappa shape index (κ2) is 6.84. The number of nitrogens with one attached hydrogen (secondary N) is 1. The zero-order chi connectivity index (χ0) is 14.5. The van der Waals surface area contributed by atoms with Gasteiger partial charge in [0.05, 0.1) is 4.90 Å². The third-order valence-corrected chi connectivity index (χ3v) is 4.48. The average Bonchev–Trinajstić information content (AvgIpc) is 2.35. The molecule has 0 aliphatic rings. The lowest BCUT2D eigenvalue weighted by atomic mass is 10.2. The topological polar surface area (TPSA) is 49.4 Å². The van der Waals surface area contributed by atoms with Crippen LogP contribution in [0.15, 0.2) is 41.3 Å². The molecule has 0 spiro atoms. The van der Waals surface area contributed by atoms with Gasteiger partial charge in [0.1, 0.15) is 0 Å². The Morgan fingerprint density at radius 1 is 1.42 bits per heavy atom. The van der Waals surface area contributed by atoms with Crippen molar-refractivity contribution in [3.05, 3.63) is 42.0 Å². The number of hydrogen-bond acceptors (Lipinski definition) is 3. The lowest BCUT2D eigenvalue weighted by Crippen LogP contribution is -2.28. The first-order valence-corrected chi connectivity index (χ1v) is 7.72. The van der Waals surface area contributed by atoms with Gasteiger partial charge in [0, 0.05) is 20.1 Å². The number of rotatable bonds is 7. The quantitative estimate of drug-likeness (QED) is 0.778. The van der Waals surface area contributed by atoms with Gasteiger partial charge in [-0.25, -0.2) is 8.42 Å². The van der Waals surface area contributed by atoms with Crippen LogP contribution in [0.1, 0.15) is 19.4 Å². The summed E-state index contributed by atoms with van der Waals surface area (Å²) in [6, 6.07) is 7.03. The van der Waals surface area contributed by atoms with E-state index in [1.807, 2.05) is 19.9 Å². The van der Waals surface area contributed by atoms with Crippen molar-refractivity contribution < 1.29 is 8.42 Å². The molecule has 5 heteroatoms. The molecule has 0 fully saturated rings. The zero-order valence-corrected chi connectivity index (χ0v) is 12.6. The number of likely N-dealkylation sites (N-methyl/N-ethyl adjacent to an activating group) is 1. The molecule has 0 amide bonds. The van der Waals surface area contributed by atoms with E-state index in [1.165, 1.54) is 4.31 Å². The highest BCUT2D eigenvalue weighted by atomic mass is 32.2. The summed E-state index contributed by atoms with van der Waals surface area (Å²) in [7, 11) is -1.87. The van der Waals surface area contributed by atoms with Gasteiger partial charge in [0.25, 0.3) is 0 Å². The molecule has 0 atom stereocenters. The van der Waals surface area contributed by atoms with E-state index in [-0.39, 0.29) is 0 Å². The van der Waals surface area contributed by atoms with E-state index in [1.54, 1.807) is 25.2 Å².